The molecule has 4 rings (SSSR count). The number of fused-ring (bicyclic) bond motifs is 2. The lowest BCUT2D eigenvalue weighted by atomic mass is 9.97. The fraction of sp³-hybridized carbons (Fsp3) is 0.435. The van der Waals surface area contributed by atoms with Crippen molar-refractivity contribution in [3.05, 3.63) is 58.7 Å². The van der Waals surface area contributed by atoms with Crippen LogP contribution < -0.4 is 9.64 Å². The second-order valence-electron chi connectivity index (χ2n) is 7.76. The Balaban J connectivity index is 1.80. The maximum Gasteiger partial charge on any atom is 0.292 e. The Morgan fingerprint density at radius 3 is 2.46 bits per heavy atom. The molecule has 28 heavy (non-hydrogen) atoms. The fourth-order valence-electron chi connectivity index (χ4n) is 4.07. The first-order valence-electron chi connectivity index (χ1n) is 9.89. The van der Waals surface area contributed by atoms with Gasteiger partial charge in [-0.25, -0.2) is 0 Å². The molecule has 0 saturated carbocycles. The molecule has 5 nitrogen and oxygen atoms in total. The predicted octanol–water partition coefficient (Wildman–Crippen LogP) is 4.23. The van der Waals surface area contributed by atoms with Crippen molar-refractivity contribution >= 4 is 11.6 Å². The molecule has 2 aromatic carbocycles. The predicted molar refractivity (Wildman–Crippen MR) is 108 cm³/mol. The van der Waals surface area contributed by atoms with Gasteiger partial charge in [-0.2, -0.15) is 0 Å². The summed E-state index contributed by atoms with van der Waals surface area (Å²) in [7, 11) is 0. The van der Waals surface area contributed by atoms with Crippen LogP contribution in [0.4, 0.5) is 5.69 Å². The van der Waals surface area contributed by atoms with E-state index in [1.54, 1.807) is 4.90 Å². The van der Waals surface area contributed by atoms with Gasteiger partial charge in [0.2, 0.25) is 0 Å². The average Bonchev–Trinajstić information content (AvgIpc) is 2.90. The summed E-state index contributed by atoms with van der Waals surface area (Å²) in [6.45, 7) is 9.47. The number of benzene rings is 2. The molecular weight excluding hydrogens is 354 g/mol. The minimum atomic E-state index is -1.32. The third-order valence-electron chi connectivity index (χ3n) is 5.28. The third-order valence-corrected chi connectivity index (χ3v) is 5.28. The smallest absolute Gasteiger partial charge is 0.292 e. The van der Waals surface area contributed by atoms with Crippen molar-refractivity contribution in [2.75, 3.05) is 18.1 Å². The van der Waals surface area contributed by atoms with Crippen LogP contribution in [0, 0.1) is 13.8 Å². The zero-order chi connectivity index (χ0) is 19.9. The Kier molecular flexibility index (Phi) is 4.89. The number of carbonyl (C=O) groups is 1. The molecule has 2 heterocycles. The van der Waals surface area contributed by atoms with Gasteiger partial charge in [-0.05, 0) is 51.3 Å². The standard InChI is InChI=1S/C23H27NO4/c1-15(2)28-19-9-6-5-8-18(19)14-24-21-17(4)11-10-16(3)20(21)23(22(24)25)26-12-7-13-27-23/h5-6,8-11,15H,7,12-14H2,1-4H3. The number of anilines is 1. The molecule has 0 aliphatic carbocycles. The highest BCUT2D eigenvalue weighted by Gasteiger charge is 2.56. The van der Waals surface area contributed by atoms with Crippen molar-refractivity contribution < 1.29 is 19.0 Å². The number of hydrogen-bond donors (Lipinski definition) is 0. The fourth-order valence-corrected chi connectivity index (χ4v) is 4.07. The van der Waals surface area contributed by atoms with E-state index < -0.39 is 5.79 Å². The van der Waals surface area contributed by atoms with E-state index in [-0.39, 0.29) is 12.0 Å². The van der Waals surface area contributed by atoms with Gasteiger partial charge >= 0.3 is 0 Å². The molecule has 148 valence electrons. The minimum absolute atomic E-state index is 0.0584. The Hall–Kier alpha value is -2.37. The van der Waals surface area contributed by atoms with E-state index >= 15 is 0 Å². The molecule has 0 atom stereocenters. The van der Waals surface area contributed by atoms with Crippen molar-refractivity contribution in [1.29, 1.82) is 0 Å². The monoisotopic (exact) mass is 381 g/mol. The molecular formula is C23H27NO4. The van der Waals surface area contributed by atoms with Crippen LogP contribution in [0.1, 0.15) is 42.5 Å². The number of aryl methyl sites for hydroxylation is 2. The number of para-hydroxylation sites is 1. The first-order chi connectivity index (χ1) is 13.4. The van der Waals surface area contributed by atoms with Gasteiger partial charge in [0.25, 0.3) is 11.7 Å². The van der Waals surface area contributed by atoms with Crippen LogP contribution in [0.5, 0.6) is 5.75 Å². The van der Waals surface area contributed by atoms with Crippen LogP contribution in [0.15, 0.2) is 36.4 Å². The third kappa shape index (κ3) is 2.99. The largest absolute Gasteiger partial charge is 0.491 e. The summed E-state index contributed by atoms with van der Waals surface area (Å²) in [6, 6.07) is 11.9. The van der Waals surface area contributed by atoms with Crippen LogP contribution in [0.25, 0.3) is 0 Å². The van der Waals surface area contributed by atoms with Gasteiger partial charge in [-0.3, -0.25) is 4.79 Å². The SMILES string of the molecule is Cc1ccc(C)c2c1N(Cc1ccccc1OC(C)C)C(=O)C21OCCCO1. The van der Waals surface area contributed by atoms with E-state index in [0.29, 0.717) is 19.8 Å². The first-order valence-corrected chi connectivity index (χ1v) is 9.89. The van der Waals surface area contributed by atoms with E-state index in [1.165, 1.54) is 0 Å². The molecule has 1 saturated heterocycles. The lowest BCUT2D eigenvalue weighted by Crippen LogP contribution is -2.47. The van der Waals surface area contributed by atoms with E-state index in [4.69, 9.17) is 14.2 Å². The van der Waals surface area contributed by atoms with Crippen LogP contribution >= 0.6 is 0 Å². The van der Waals surface area contributed by atoms with Gasteiger partial charge < -0.3 is 19.1 Å². The first kappa shape index (κ1) is 19.0. The molecule has 2 aromatic rings. The van der Waals surface area contributed by atoms with Crippen molar-refractivity contribution in [1.82, 2.24) is 0 Å². The van der Waals surface area contributed by atoms with Gasteiger partial charge in [-0.15, -0.1) is 0 Å². The maximum atomic E-state index is 13.6. The summed E-state index contributed by atoms with van der Waals surface area (Å²) in [5.74, 6) is -0.681. The van der Waals surface area contributed by atoms with Crippen LogP contribution in [-0.2, 0) is 26.6 Å². The highest BCUT2D eigenvalue weighted by Crippen LogP contribution is 2.49. The summed E-state index contributed by atoms with van der Waals surface area (Å²) < 4.78 is 18.0. The molecule has 0 bridgehead atoms. The van der Waals surface area contributed by atoms with Gasteiger partial charge in [-0.1, -0.05) is 30.3 Å². The number of ether oxygens (including phenoxy) is 3. The summed E-state index contributed by atoms with van der Waals surface area (Å²) in [5, 5.41) is 0. The number of amides is 1. The lowest BCUT2D eigenvalue weighted by Gasteiger charge is -2.33. The molecule has 0 N–H and O–H groups in total. The quantitative estimate of drug-likeness (QED) is 0.795. The Morgan fingerprint density at radius 1 is 1.07 bits per heavy atom. The van der Waals surface area contributed by atoms with E-state index in [1.807, 2.05) is 64.1 Å². The molecule has 1 amide bonds. The lowest BCUT2D eigenvalue weighted by molar-refractivity contribution is -0.257. The maximum absolute atomic E-state index is 13.6. The Labute approximate surface area is 166 Å². The Bertz CT molecular complexity index is 899. The second kappa shape index (κ2) is 7.22. The topological polar surface area (TPSA) is 48.0 Å². The normalized spacial score (nSPS) is 18.0. The van der Waals surface area contributed by atoms with Gasteiger partial charge in [0, 0.05) is 11.1 Å². The van der Waals surface area contributed by atoms with Crippen molar-refractivity contribution in [3.63, 3.8) is 0 Å². The van der Waals surface area contributed by atoms with Gasteiger partial charge in [0.05, 0.1) is 31.5 Å². The number of hydrogen-bond acceptors (Lipinski definition) is 4. The zero-order valence-electron chi connectivity index (χ0n) is 17.0. The molecule has 1 spiro atoms. The molecule has 0 aromatic heterocycles. The molecule has 5 heteroatoms. The highest BCUT2D eigenvalue weighted by atomic mass is 16.7. The van der Waals surface area contributed by atoms with Crippen molar-refractivity contribution in [2.45, 2.75) is 52.6 Å². The second-order valence-corrected chi connectivity index (χ2v) is 7.76. The molecule has 0 unspecified atom stereocenters. The minimum Gasteiger partial charge on any atom is -0.491 e. The number of carbonyl (C=O) groups excluding carboxylic acids is 1. The Morgan fingerprint density at radius 2 is 1.75 bits per heavy atom. The summed E-state index contributed by atoms with van der Waals surface area (Å²) in [5.41, 5.74) is 4.74. The molecule has 0 radical (unpaired) electrons. The summed E-state index contributed by atoms with van der Waals surface area (Å²) in [4.78, 5) is 15.4. The molecule has 1 fully saturated rings. The summed E-state index contributed by atoms with van der Waals surface area (Å²) >= 11 is 0. The van der Waals surface area contributed by atoms with Crippen LogP contribution in [0.2, 0.25) is 0 Å². The van der Waals surface area contributed by atoms with Gasteiger partial charge in [0.1, 0.15) is 5.75 Å². The molecule has 2 aliphatic rings. The average molecular weight is 381 g/mol. The zero-order valence-corrected chi connectivity index (χ0v) is 17.0. The molecule has 2 aliphatic heterocycles. The van der Waals surface area contributed by atoms with Crippen molar-refractivity contribution in [2.24, 2.45) is 0 Å². The van der Waals surface area contributed by atoms with Crippen LogP contribution in [0.3, 0.4) is 0 Å². The van der Waals surface area contributed by atoms with E-state index in [9.17, 15) is 4.79 Å². The van der Waals surface area contributed by atoms with Gasteiger partial charge in [0.15, 0.2) is 0 Å². The van der Waals surface area contributed by atoms with E-state index in [0.717, 1.165) is 40.1 Å². The number of nitrogens with zero attached hydrogens (tertiary/aromatic N) is 1. The number of rotatable bonds is 4. The van der Waals surface area contributed by atoms with E-state index in [2.05, 4.69) is 0 Å². The highest BCUT2D eigenvalue weighted by molar-refractivity contribution is 6.07. The summed E-state index contributed by atoms with van der Waals surface area (Å²) in [6.07, 6.45) is 0.850. The van der Waals surface area contributed by atoms with Crippen LogP contribution in [-0.4, -0.2) is 25.2 Å². The van der Waals surface area contributed by atoms with Crippen molar-refractivity contribution in [3.8, 4) is 5.75 Å².